The lowest BCUT2D eigenvalue weighted by atomic mass is 10.0. The predicted molar refractivity (Wildman–Crippen MR) is 149 cm³/mol. The van der Waals surface area contributed by atoms with Crippen LogP contribution in [0.1, 0.15) is 36.0 Å². The van der Waals surface area contributed by atoms with E-state index in [1.807, 2.05) is 72.5 Å². The third-order valence-electron chi connectivity index (χ3n) is 6.24. The van der Waals surface area contributed by atoms with Gasteiger partial charge in [-0.15, -0.1) is 0 Å². The van der Waals surface area contributed by atoms with Gasteiger partial charge in [-0.05, 0) is 73.2 Å². The minimum atomic E-state index is -0.351. The van der Waals surface area contributed by atoms with Gasteiger partial charge in [0.1, 0.15) is 23.3 Å². The summed E-state index contributed by atoms with van der Waals surface area (Å²) in [5.74, 6) is 1.74. The number of benzene rings is 2. The zero-order valence-corrected chi connectivity index (χ0v) is 22.1. The number of thiocarbonyl (C=S) groups is 1. The Balaban J connectivity index is 1.60. The van der Waals surface area contributed by atoms with Gasteiger partial charge < -0.3 is 24.7 Å². The molecular weight excluding hydrogens is 508 g/mol. The van der Waals surface area contributed by atoms with Crippen molar-refractivity contribution in [2.24, 2.45) is 0 Å². The Kier molecular flexibility index (Phi) is 6.86. The number of amides is 1. The molecule has 188 valence electrons. The van der Waals surface area contributed by atoms with Crippen LogP contribution in [0.2, 0.25) is 5.02 Å². The molecule has 9 heteroatoms. The summed E-state index contributed by atoms with van der Waals surface area (Å²) in [7, 11) is 1.56. The topological polar surface area (TPSA) is 79.6 Å². The van der Waals surface area contributed by atoms with Gasteiger partial charge >= 0.3 is 0 Å². The normalized spacial score (nSPS) is 17.0. The van der Waals surface area contributed by atoms with Gasteiger partial charge in [0.2, 0.25) is 5.91 Å². The SMILES string of the molecule is COc1ccc(N2C(=S)NC(c3ccccn3)C2c2ccc(-c3ccc(C)c(Cl)c3)o2)cc1NC(C)=O. The van der Waals surface area contributed by atoms with Gasteiger partial charge in [-0.3, -0.25) is 9.78 Å². The number of aromatic nitrogens is 1. The molecule has 3 heterocycles. The number of anilines is 2. The molecule has 37 heavy (non-hydrogen) atoms. The van der Waals surface area contributed by atoms with Crippen LogP contribution in [0.25, 0.3) is 11.3 Å². The van der Waals surface area contributed by atoms with E-state index in [9.17, 15) is 4.79 Å². The number of hydrogen-bond acceptors (Lipinski definition) is 5. The van der Waals surface area contributed by atoms with Gasteiger partial charge in [0.05, 0.1) is 24.5 Å². The molecule has 0 bridgehead atoms. The van der Waals surface area contributed by atoms with Crippen LogP contribution < -0.4 is 20.3 Å². The molecule has 1 aliphatic rings. The summed E-state index contributed by atoms with van der Waals surface area (Å²) in [6.45, 7) is 3.42. The van der Waals surface area contributed by atoms with Crippen molar-refractivity contribution in [2.45, 2.75) is 25.9 Å². The van der Waals surface area contributed by atoms with Crippen LogP contribution in [0.5, 0.6) is 5.75 Å². The van der Waals surface area contributed by atoms with Gasteiger partial charge in [-0.25, -0.2) is 0 Å². The smallest absolute Gasteiger partial charge is 0.221 e. The molecule has 1 saturated heterocycles. The highest BCUT2D eigenvalue weighted by Gasteiger charge is 2.42. The van der Waals surface area contributed by atoms with E-state index in [0.29, 0.717) is 33.1 Å². The Morgan fingerprint density at radius 3 is 2.70 bits per heavy atom. The number of halogens is 1. The molecule has 0 aliphatic carbocycles. The highest BCUT2D eigenvalue weighted by atomic mass is 35.5. The summed E-state index contributed by atoms with van der Waals surface area (Å²) in [4.78, 5) is 18.4. The fraction of sp³-hybridized carbons (Fsp3) is 0.179. The number of pyridine rings is 1. The van der Waals surface area contributed by atoms with Crippen LogP contribution in [0.15, 0.2) is 77.3 Å². The molecule has 1 fully saturated rings. The summed E-state index contributed by atoms with van der Waals surface area (Å²) in [5, 5.41) is 7.44. The van der Waals surface area contributed by atoms with E-state index in [1.54, 1.807) is 19.4 Å². The number of furan rings is 1. The summed E-state index contributed by atoms with van der Waals surface area (Å²) in [6, 6.07) is 20.4. The van der Waals surface area contributed by atoms with Gasteiger partial charge in [0.25, 0.3) is 0 Å². The molecular formula is C28H25ClN4O3S. The average molecular weight is 533 g/mol. The van der Waals surface area contributed by atoms with Crippen molar-refractivity contribution in [3.8, 4) is 17.1 Å². The van der Waals surface area contributed by atoms with Crippen LogP contribution in [0.4, 0.5) is 11.4 Å². The second kappa shape index (κ2) is 10.2. The number of methoxy groups -OCH3 is 1. The lowest BCUT2D eigenvalue weighted by Gasteiger charge is -2.27. The van der Waals surface area contributed by atoms with E-state index in [2.05, 4.69) is 15.6 Å². The fourth-order valence-electron chi connectivity index (χ4n) is 4.47. The third-order valence-corrected chi connectivity index (χ3v) is 6.97. The van der Waals surface area contributed by atoms with Crippen molar-refractivity contribution < 1.29 is 13.9 Å². The number of rotatable bonds is 6. The molecule has 2 aromatic carbocycles. The summed E-state index contributed by atoms with van der Waals surface area (Å²) in [5.41, 5.74) is 4.02. The van der Waals surface area contributed by atoms with E-state index >= 15 is 0 Å². The quantitative estimate of drug-likeness (QED) is 0.276. The number of hydrogen-bond donors (Lipinski definition) is 2. The zero-order valence-electron chi connectivity index (χ0n) is 20.5. The molecule has 1 aliphatic heterocycles. The highest BCUT2D eigenvalue weighted by molar-refractivity contribution is 7.80. The van der Waals surface area contributed by atoms with E-state index in [-0.39, 0.29) is 18.0 Å². The average Bonchev–Trinajstić information content (AvgIpc) is 3.50. The van der Waals surface area contributed by atoms with Crippen molar-refractivity contribution in [3.63, 3.8) is 0 Å². The Morgan fingerprint density at radius 2 is 2.00 bits per heavy atom. The van der Waals surface area contributed by atoms with Crippen molar-refractivity contribution in [1.29, 1.82) is 0 Å². The molecule has 2 atom stereocenters. The molecule has 7 nitrogen and oxygen atoms in total. The maximum Gasteiger partial charge on any atom is 0.221 e. The first-order chi connectivity index (χ1) is 17.9. The minimum absolute atomic E-state index is 0.201. The van der Waals surface area contributed by atoms with E-state index in [0.717, 1.165) is 22.5 Å². The molecule has 2 N–H and O–H groups in total. The van der Waals surface area contributed by atoms with Gasteiger partial charge in [-0.1, -0.05) is 29.8 Å². The number of nitrogens with zero attached hydrogens (tertiary/aromatic N) is 2. The standard InChI is InChI=1S/C28H25ClN4O3S/c1-16-7-8-18(14-20(16)29)23-11-12-25(36-23)27-26(21-6-4-5-13-30-21)32-28(37)33(27)19-9-10-24(35-3)22(15-19)31-17(2)34/h4-15,26-27H,1-3H3,(H,31,34)(H,32,37). The van der Waals surface area contributed by atoms with Crippen LogP contribution in [-0.2, 0) is 4.79 Å². The van der Waals surface area contributed by atoms with E-state index in [4.69, 9.17) is 33.0 Å². The largest absolute Gasteiger partial charge is 0.495 e. The van der Waals surface area contributed by atoms with Crippen LogP contribution >= 0.6 is 23.8 Å². The summed E-state index contributed by atoms with van der Waals surface area (Å²) < 4.78 is 11.9. The first-order valence-electron chi connectivity index (χ1n) is 11.7. The third kappa shape index (κ3) is 4.90. The number of carbonyl (C=O) groups excluding carboxylic acids is 1. The minimum Gasteiger partial charge on any atom is -0.495 e. The first-order valence-corrected chi connectivity index (χ1v) is 12.5. The zero-order chi connectivity index (χ0) is 26.1. The van der Waals surface area contributed by atoms with E-state index in [1.165, 1.54) is 6.92 Å². The highest BCUT2D eigenvalue weighted by Crippen LogP contribution is 2.44. The van der Waals surface area contributed by atoms with Crippen LogP contribution in [0, 0.1) is 6.92 Å². The molecule has 0 saturated carbocycles. The lowest BCUT2D eigenvalue weighted by Crippen LogP contribution is -2.29. The number of carbonyl (C=O) groups is 1. The number of nitrogens with one attached hydrogen (secondary N) is 2. The van der Waals surface area contributed by atoms with Crippen LogP contribution in [-0.4, -0.2) is 23.1 Å². The summed E-state index contributed by atoms with van der Waals surface area (Å²) in [6.07, 6.45) is 1.75. The number of ether oxygens (including phenoxy) is 1. The maximum absolute atomic E-state index is 11.8. The number of aryl methyl sites for hydroxylation is 1. The maximum atomic E-state index is 11.8. The predicted octanol–water partition coefficient (Wildman–Crippen LogP) is 6.45. The fourth-order valence-corrected chi connectivity index (χ4v) is 4.99. The molecule has 1 amide bonds. The van der Waals surface area contributed by atoms with E-state index < -0.39 is 0 Å². The molecule has 2 unspecified atom stereocenters. The first kappa shape index (κ1) is 24.8. The molecule has 5 rings (SSSR count). The summed E-state index contributed by atoms with van der Waals surface area (Å²) >= 11 is 12.2. The molecule has 2 aromatic heterocycles. The molecule has 0 radical (unpaired) electrons. The van der Waals surface area contributed by atoms with Crippen LogP contribution in [0.3, 0.4) is 0 Å². The van der Waals surface area contributed by atoms with Gasteiger partial charge in [0.15, 0.2) is 5.11 Å². The monoisotopic (exact) mass is 532 g/mol. The van der Waals surface area contributed by atoms with Gasteiger partial charge in [-0.2, -0.15) is 0 Å². The Morgan fingerprint density at radius 1 is 1.16 bits per heavy atom. The molecule has 0 spiro atoms. The Labute approximate surface area is 225 Å². The van der Waals surface area contributed by atoms with Crippen molar-refractivity contribution in [2.75, 3.05) is 17.3 Å². The lowest BCUT2D eigenvalue weighted by molar-refractivity contribution is -0.114. The second-order valence-corrected chi connectivity index (χ2v) is 9.52. The van der Waals surface area contributed by atoms with Crippen molar-refractivity contribution >= 4 is 46.2 Å². The molecule has 4 aromatic rings. The van der Waals surface area contributed by atoms with Gasteiger partial charge in [0, 0.05) is 29.4 Å². The van der Waals surface area contributed by atoms with Crippen molar-refractivity contribution in [3.05, 3.63) is 95.0 Å². The Hall–Kier alpha value is -3.88. The Bertz CT molecular complexity index is 1470. The second-order valence-electron chi connectivity index (χ2n) is 8.73. The van der Waals surface area contributed by atoms with Crippen molar-refractivity contribution in [1.82, 2.24) is 10.3 Å².